The van der Waals surface area contributed by atoms with E-state index in [-0.39, 0.29) is 30.3 Å². The highest BCUT2D eigenvalue weighted by Gasteiger charge is 2.27. The Morgan fingerprint density at radius 1 is 1.07 bits per heavy atom. The van der Waals surface area contributed by atoms with Crippen molar-refractivity contribution < 1.29 is 9.59 Å². The number of hydrogen-bond acceptors (Lipinski definition) is 3. The van der Waals surface area contributed by atoms with Gasteiger partial charge in [0.15, 0.2) is 0 Å². The molecule has 2 unspecified atom stereocenters. The molecular weight excluding hydrogens is 388 g/mol. The molecule has 2 atom stereocenters. The summed E-state index contributed by atoms with van der Waals surface area (Å²) in [6.07, 6.45) is 3.99. The number of likely N-dealkylation sites (tertiary alicyclic amines) is 1. The SMILES string of the molecule is Cl.O=C(NCC1CCCN(C(=O)c2ccc(-c3ccccc3)[nH]2)C1)C1CCCN1. The van der Waals surface area contributed by atoms with Crippen LogP contribution in [0.1, 0.15) is 36.2 Å². The van der Waals surface area contributed by atoms with Crippen LogP contribution >= 0.6 is 12.4 Å². The van der Waals surface area contributed by atoms with E-state index >= 15 is 0 Å². The van der Waals surface area contributed by atoms with E-state index in [2.05, 4.69) is 15.6 Å². The van der Waals surface area contributed by atoms with Gasteiger partial charge in [0.05, 0.1) is 6.04 Å². The molecule has 0 saturated carbocycles. The maximum atomic E-state index is 12.9. The number of carbonyl (C=O) groups excluding carboxylic acids is 2. The van der Waals surface area contributed by atoms with Crippen LogP contribution in [0.5, 0.6) is 0 Å². The van der Waals surface area contributed by atoms with Gasteiger partial charge in [-0.15, -0.1) is 12.4 Å². The highest BCUT2D eigenvalue weighted by Crippen LogP contribution is 2.21. The zero-order valence-corrected chi connectivity index (χ0v) is 17.3. The van der Waals surface area contributed by atoms with Crippen molar-refractivity contribution >= 4 is 24.2 Å². The number of benzene rings is 1. The third-order valence-corrected chi connectivity index (χ3v) is 5.75. The van der Waals surface area contributed by atoms with Crippen molar-refractivity contribution in [1.29, 1.82) is 0 Å². The van der Waals surface area contributed by atoms with Gasteiger partial charge in [0.25, 0.3) is 5.91 Å². The van der Waals surface area contributed by atoms with E-state index in [1.165, 1.54) is 0 Å². The lowest BCUT2D eigenvalue weighted by molar-refractivity contribution is -0.123. The summed E-state index contributed by atoms with van der Waals surface area (Å²) in [5, 5.41) is 6.30. The van der Waals surface area contributed by atoms with E-state index in [0.29, 0.717) is 24.7 Å². The third kappa shape index (κ3) is 5.19. The lowest BCUT2D eigenvalue weighted by Crippen LogP contribution is -2.46. The topological polar surface area (TPSA) is 77.2 Å². The minimum atomic E-state index is -0.0448. The number of nitrogens with zero attached hydrogens (tertiary/aromatic N) is 1. The summed E-state index contributed by atoms with van der Waals surface area (Å²) in [5.41, 5.74) is 2.65. The van der Waals surface area contributed by atoms with Gasteiger partial charge in [-0.3, -0.25) is 9.59 Å². The Balaban J connectivity index is 0.00000240. The molecule has 2 aliphatic rings. The zero-order valence-electron chi connectivity index (χ0n) is 16.5. The molecule has 0 spiro atoms. The zero-order chi connectivity index (χ0) is 19.3. The van der Waals surface area contributed by atoms with Crippen molar-refractivity contribution in [1.82, 2.24) is 20.5 Å². The number of aromatic nitrogens is 1. The number of carbonyl (C=O) groups is 2. The summed E-state index contributed by atoms with van der Waals surface area (Å²) >= 11 is 0. The molecule has 156 valence electrons. The van der Waals surface area contributed by atoms with Gasteiger partial charge < -0.3 is 20.5 Å². The van der Waals surface area contributed by atoms with Gasteiger partial charge in [0, 0.05) is 25.3 Å². The first kappa shape index (κ1) is 21.4. The Bertz CT molecular complexity index is 817. The lowest BCUT2D eigenvalue weighted by atomic mass is 9.97. The van der Waals surface area contributed by atoms with Crippen LogP contribution in [0.4, 0.5) is 0 Å². The molecule has 2 aromatic rings. The Morgan fingerprint density at radius 3 is 2.66 bits per heavy atom. The summed E-state index contributed by atoms with van der Waals surface area (Å²) in [5.74, 6) is 0.445. The predicted octanol–water partition coefficient (Wildman–Crippen LogP) is 2.82. The molecule has 4 rings (SSSR count). The van der Waals surface area contributed by atoms with Crippen molar-refractivity contribution in [2.45, 2.75) is 31.7 Å². The molecular formula is C22H29ClN4O2. The minimum absolute atomic E-state index is 0. The van der Waals surface area contributed by atoms with Gasteiger partial charge in [0.2, 0.25) is 5.91 Å². The molecule has 0 aliphatic carbocycles. The van der Waals surface area contributed by atoms with E-state index in [4.69, 9.17) is 0 Å². The van der Waals surface area contributed by atoms with Crippen molar-refractivity contribution in [3.8, 4) is 11.3 Å². The Kier molecular flexibility index (Phi) is 7.34. The second-order valence-electron chi connectivity index (χ2n) is 7.81. The number of amides is 2. The van der Waals surface area contributed by atoms with Crippen LogP contribution in [-0.2, 0) is 4.79 Å². The maximum Gasteiger partial charge on any atom is 0.270 e. The number of H-pyrrole nitrogens is 1. The standard InChI is InChI=1S/C22H28N4O2.ClH/c27-21(19-9-4-12-23-19)24-14-16-6-5-13-26(15-16)22(28)20-11-10-18(25-20)17-7-2-1-3-8-17;/h1-3,7-8,10-11,16,19,23,25H,4-6,9,12-15H2,(H,24,27);1H. The number of hydrogen-bond donors (Lipinski definition) is 3. The molecule has 3 N–H and O–H groups in total. The summed E-state index contributed by atoms with van der Waals surface area (Å²) in [7, 11) is 0. The second kappa shape index (κ2) is 9.94. The van der Waals surface area contributed by atoms with Crippen LogP contribution < -0.4 is 10.6 Å². The first-order chi connectivity index (χ1) is 13.7. The average molecular weight is 417 g/mol. The summed E-state index contributed by atoms with van der Waals surface area (Å²) in [6.45, 7) is 3.02. The Labute approximate surface area is 177 Å². The molecule has 2 amide bonds. The molecule has 2 saturated heterocycles. The number of nitrogens with one attached hydrogen (secondary N) is 3. The first-order valence-corrected chi connectivity index (χ1v) is 10.3. The fourth-order valence-electron chi connectivity index (χ4n) is 4.17. The largest absolute Gasteiger partial charge is 0.354 e. The van der Waals surface area contributed by atoms with Gasteiger partial charge in [0.1, 0.15) is 5.69 Å². The minimum Gasteiger partial charge on any atom is -0.354 e. The average Bonchev–Trinajstić information content (AvgIpc) is 3.45. The Morgan fingerprint density at radius 2 is 1.90 bits per heavy atom. The summed E-state index contributed by atoms with van der Waals surface area (Å²) in [4.78, 5) is 30.3. The van der Waals surface area contributed by atoms with Crippen LogP contribution in [0.15, 0.2) is 42.5 Å². The predicted molar refractivity (Wildman–Crippen MR) is 116 cm³/mol. The van der Waals surface area contributed by atoms with E-state index in [0.717, 1.165) is 50.0 Å². The maximum absolute atomic E-state index is 12.9. The fraction of sp³-hybridized carbons (Fsp3) is 0.455. The monoisotopic (exact) mass is 416 g/mol. The van der Waals surface area contributed by atoms with Crippen LogP contribution in [-0.4, -0.2) is 53.9 Å². The highest BCUT2D eigenvalue weighted by molar-refractivity contribution is 5.93. The molecule has 6 nitrogen and oxygen atoms in total. The van der Waals surface area contributed by atoms with Gasteiger partial charge in [-0.05, 0) is 55.8 Å². The molecule has 29 heavy (non-hydrogen) atoms. The first-order valence-electron chi connectivity index (χ1n) is 10.3. The van der Waals surface area contributed by atoms with E-state index in [1.54, 1.807) is 0 Å². The third-order valence-electron chi connectivity index (χ3n) is 5.75. The molecule has 7 heteroatoms. The smallest absolute Gasteiger partial charge is 0.270 e. The van der Waals surface area contributed by atoms with Gasteiger partial charge in [-0.1, -0.05) is 30.3 Å². The quantitative estimate of drug-likeness (QED) is 0.701. The number of piperidine rings is 1. The normalized spacial score (nSPS) is 21.4. The molecule has 2 aliphatic heterocycles. The van der Waals surface area contributed by atoms with Crippen LogP contribution in [0.3, 0.4) is 0 Å². The van der Waals surface area contributed by atoms with Gasteiger partial charge in [-0.25, -0.2) is 0 Å². The van der Waals surface area contributed by atoms with E-state index in [1.807, 2.05) is 47.4 Å². The van der Waals surface area contributed by atoms with Crippen molar-refractivity contribution in [3.05, 3.63) is 48.2 Å². The van der Waals surface area contributed by atoms with Gasteiger partial charge >= 0.3 is 0 Å². The summed E-state index contributed by atoms with van der Waals surface area (Å²) < 4.78 is 0. The van der Waals surface area contributed by atoms with E-state index < -0.39 is 0 Å². The number of aromatic amines is 1. The van der Waals surface area contributed by atoms with Gasteiger partial charge in [-0.2, -0.15) is 0 Å². The van der Waals surface area contributed by atoms with Crippen LogP contribution in [0, 0.1) is 5.92 Å². The molecule has 0 bridgehead atoms. The molecule has 0 radical (unpaired) electrons. The number of halogens is 1. The van der Waals surface area contributed by atoms with Crippen molar-refractivity contribution in [2.75, 3.05) is 26.2 Å². The molecule has 1 aromatic carbocycles. The second-order valence-corrected chi connectivity index (χ2v) is 7.81. The Hall–Kier alpha value is -2.31. The van der Waals surface area contributed by atoms with Crippen LogP contribution in [0.2, 0.25) is 0 Å². The number of rotatable bonds is 5. The van der Waals surface area contributed by atoms with Crippen molar-refractivity contribution in [2.24, 2.45) is 5.92 Å². The lowest BCUT2D eigenvalue weighted by Gasteiger charge is -2.32. The summed E-state index contributed by atoms with van der Waals surface area (Å²) in [6, 6.07) is 13.8. The molecule has 3 heterocycles. The molecule has 1 aromatic heterocycles. The van der Waals surface area contributed by atoms with E-state index in [9.17, 15) is 9.59 Å². The molecule has 2 fully saturated rings. The highest BCUT2D eigenvalue weighted by atomic mass is 35.5. The van der Waals surface area contributed by atoms with Crippen molar-refractivity contribution in [3.63, 3.8) is 0 Å². The fourth-order valence-corrected chi connectivity index (χ4v) is 4.17. The van der Waals surface area contributed by atoms with Crippen LogP contribution in [0.25, 0.3) is 11.3 Å².